The van der Waals surface area contributed by atoms with Gasteiger partial charge in [0.15, 0.2) is 0 Å². The summed E-state index contributed by atoms with van der Waals surface area (Å²) in [5.41, 5.74) is 2.17. The minimum absolute atomic E-state index is 0.208. The molecule has 1 aliphatic rings. The standard InChI is InChI=1S/C9H10N2O/c1-7-6-8-4-2-3-5-9(8)11(7)10-12/h2-5,7H,6H2,1H3/t7-/m0/s1. The van der Waals surface area contributed by atoms with Gasteiger partial charge in [-0.2, -0.15) is 0 Å². The van der Waals surface area contributed by atoms with Crippen LogP contribution >= 0.6 is 0 Å². The molecule has 1 heterocycles. The zero-order valence-corrected chi connectivity index (χ0v) is 6.90. The van der Waals surface area contributed by atoms with Gasteiger partial charge in [-0.25, -0.2) is 5.01 Å². The third-order valence-corrected chi connectivity index (χ3v) is 2.26. The van der Waals surface area contributed by atoms with Crippen molar-refractivity contribution in [3.63, 3.8) is 0 Å². The van der Waals surface area contributed by atoms with Gasteiger partial charge >= 0.3 is 0 Å². The number of nitroso groups, excluding NO2 is 1. The second kappa shape index (κ2) is 2.59. The summed E-state index contributed by atoms with van der Waals surface area (Å²) in [5, 5.41) is 4.53. The molecule has 0 amide bonds. The van der Waals surface area contributed by atoms with Crippen molar-refractivity contribution < 1.29 is 0 Å². The van der Waals surface area contributed by atoms with Gasteiger partial charge in [0, 0.05) is 0 Å². The third-order valence-electron chi connectivity index (χ3n) is 2.26. The molecule has 1 aliphatic heterocycles. The third kappa shape index (κ3) is 0.897. The van der Waals surface area contributed by atoms with Crippen LogP contribution in [0.1, 0.15) is 12.5 Å². The number of anilines is 1. The van der Waals surface area contributed by atoms with E-state index in [1.165, 1.54) is 10.6 Å². The maximum absolute atomic E-state index is 10.5. The maximum atomic E-state index is 10.5. The zero-order chi connectivity index (χ0) is 8.55. The summed E-state index contributed by atoms with van der Waals surface area (Å²) in [6, 6.07) is 8.09. The van der Waals surface area contributed by atoms with Crippen LogP contribution in [0.4, 0.5) is 5.69 Å². The molecule has 1 atom stereocenters. The lowest BCUT2D eigenvalue weighted by Gasteiger charge is -2.12. The largest absolute Gasteiger partial charge is 0.226 e. The quantitative estimate of drug-likeness (QED) is 0.592. The van der Waals surface area contributed by atoms with Crippen molar-refractivity contribution in [3.8, 4) is 0 Å². The minimum Gasteiger partial charge on any atom is -0.226 e. The number of rotatable bonds is 1. The molecule has 0 aliphatic carbocycles. The van der Waals surface area contributed by atoms with Crippen molar-refractivity contribution in [2.75, 3.05) is 5.01 Å². The number of nitrogens with zero attached hydrogens (tertiary/aromatic N) is 2. The first kappa shape index (κ1) is 7.28. The Kier molecular flexibility index (Phi) is 1.57. The van der Waals surface area contributed by atoms with Crippen molar-refractivity contribution in [1.29, 1.82) is 0 Å². The Labute approximate surface area is 70.9 Å². The molecule has 0 saturated heterocycles. The van der Waals surface area contributed by atoms with Gasteiger partial charge in [-0.15, -0.1) is 4.91 Å². The Morgan fingerprint density at radius 1 is 1.50 bits per heavy atom. The van der Waals surface area contributed by atoms with Gasteiger partial charge in [-0.05, 0) is 25.0 Å². The highest BCUT2D eigenvalue weighted by Gasteiger charge is 2.25. The highest BCUT2D eigenvalue weighted by Crippen LogP contribution is 2.31. The van der Waals surface area contributed by atoms with Crippen LogP contribution in [-0.2, 0) is 6.42 Å². The van der Waals surface area contributed by atoms with E-state index in [0.717, 1.165) is 12.1 Å². The van der Waals surface area contributed by atoms with Gasteiger partial charge in [-0.3, -0.25) is 0 Å². The van der Waals surface area contributed by atoms with E-state index in [1.54, 1.807) is 0 Å². The molecule has 0 aromatic heterocycles. The average Bonchev–Trinajstić information content (AvgIpc) is 2.40. The van der Waals surface area contributed by atoms with Crippen molar-refractivity contribution in [1.82, 2.24) is 0 Å². The SMILES string of the molecule is C[C@H]1Cc2ccccc2N1N=O. The number of hydrogen-bond acceptors (Lipinski definition) is 2. The molecule has 0 bridgehead atoms. The van der Waals surface area contributed by atoms with Gasteiger partial charge in [0.05, 0.1) is 17.0 Å². The molecule has 0 spiro atoms. The number of para-hydroxylation sites is 1. The van der Waals surface area contributed by atoms with E-state index in [4.69, 9.17) is 0 Å². The van der Waals surface area contributed by atoms with Crippen LogP contribution in [0.3, 0.4) is 0 Å². The first-order valence-electron chi connectivity index (χ1n) is 4.03. The summed E-state index contributed by atoms with van der Waals surface area (Å²) < 4.78 is 0. The molecule has 0 unspecified atom stereocenters. The highest BCUT2D eigenvalue weighted by atomic mass is 16.3. The lowest BCUT2D eigenvalue weighted by molar-refractivity contribution is 0.694. The van der Waals surface area contributed by atoms with E-state index in [2.05, 4.69) is 5.29 Å². The summed E-state index contributed by atoms with van der Waals surface area (Å²) >= 11 is 0. The molecule has 0 fully saturated rings. The van der Waals surface area contributed by atoms with Crippen LogP contribution in [0, 0.1) is 4.91 Å². The van der Waals surface area contributed by atoms with Crippen molar-refractivity contribution >= 4 is 5.69 Å². The van der Waals surface area contributed by atoms with Crippen LogP contribution < -0.4 is 5.01 Å². The summed E-state index contributed by atoms with van der Waals surface area (Å²) in [6.07, 6.45) is 0.919. The van der Waals surface area contributed by atoms with E-state index < -0.39 is 0 Å². The fourth-order valence-corrected chi connectivity index (χ4v) is 1.67. The second-order valence-corrected chi connectivity index (χ2v) is 3.11. The molecule has 12 heavy (non-hydrogen) atoms. The molecule has 1 aromatic rings. The Balaban J connectivity index is 2.47. The Morgan fingerprint density at radius 3 is 3.00 bits per heavy atom. The Hall–Kier alpha value is -1.38. The van der Waals surface area contributed by atoms with Crippen molar-refractivity contribution in [2.45, 2.75) is 19.4 Å². The van der Waals surface area contributed by atoms with E-state index in [-0.39, 0.29) is 6.04 Å². The van der Waals surface area contributed by atoms with Crippen LogP contribution in [-0.4, -0.2) is 6.04 Å². The monoisotopic (exact) mass is 162 g/mol. The molecule has 0 radical (unpaired) electrons. The van der Waals surface area contributed by atoms with Gasteiger partial charge in [0.1, 0.15) is 0 Å². The minimum atomic E-state index is 0.208. The molecule has 0 saturated carbocycles. The highest BCUT2D eigenvalue weighted by molar-refractivity contribution is 5.58. The average molecular weight is 162 g/mol. The Morgan fingerprint density at radius 2 is 2.25 bits per heavy atom. The predicted octanol–water partition coefficient (Wildman–Crippen LogP) is 2.12. The lowest BCUT2D eigenvalue weighted by Crippen LogP contribution is -2.22. The normalized spacial score (nSPS) is 20.8. The lowest BCUT2D eigenvalue weighted by atomic mass is 10.1. The Bertz CT molecular complexity index is 311. The molecule has 62 valence electrons. The van der Waals surface area contributed by atoms with Crippen LogP contribution in [0.2, 0.25) is 0 Å². The zero-order valence-electron chi connectivity index (χ0n) is 6.90. The predicted molar refractivity (Wildman–Crippen MR) is 47.9 cm³/mol. The van der Waals surface area contributed by atoms with E-state index >= 15 is 0 Å². The molecule has 1 aromatic carbocycles. The van der Waals surface area contributed by atoms with E-state index in [1.807, 2.05) is 31.2 Å². The first-order chi connectivity index (χ1) is 5.83. The summed E-state index contributed by atoms with van der Waals surface area (Å²) in [6.45, 7) is 2.00. The van der Waals surface area contributed by atoms with E-state index in [9.17, 15) is 4.91 Å². The summed E-state index contributed by atoms with van der Waals surface area (Å²) in [4.78, 5) is 10.5. The summed E-state index contributed by atoms with van der Waals surface area (Å²) in [5.74, 6) is 0. The molecule has 2 rings (SSSR count). The topological polar surface area (TPSA) is 32.7 Å². The van der Waals surface area contributed by atoms with Crippen LogP contribution in [0.15, 0.2) is 29.6 Å². The van der Waals surface area contributed by atoms with Gasteiger partial charge in [0.25, 0.3) is 0 Å². The van der Waals surface area contributed by atoms with Crippen molar-refractivity contribution in [3.05, 3.63) is 34.7 Å². The maximum Gasteiger partial charge on any atom is 0.0662 e. The second-order valence-electron chi connectivity index (χ2n) is 3.11. The smallest absolute Gasteiger partial charge is 0.0662 e. The fraction of sp³-hybridized carbons (Fsp3) is 0.333. The fourth-order valence-electron chi connectivity index (χ4n) is 1.67. The van der Waals surface area contributed by atoms with Gasteiger partial charge in [-0.1, -0.05) is 18.2 Å². The van der Waals surface area contributed by atoms with Crippen LogP contribution in [0.5, 0.6) is 0 Å². The van der Waals surface area contributed by atoms with Gasteiger partial charge in [0.2, 0.25) is 0 Å². The van der Waals surface area contributed by atoms with Gasteiger partial charge < -0.3 is 0 Å². The number of hydrogen-bond donors (Lipinski definition) is 0. The number of benzene rings is 1. The van der Waals surface area contributed by atoms with Crippen LogP contribution in [0.25, 0.3) is 0 Å². The molecule has 0 N–H and O–H groups in total. The molecular formula is C9H10N2O. The first-order valence-corrected chi connectivity index (χ1v) is 4.03. The summed E-state index contributed by atoms with van der Waals surface area (Å²) in [7, 11) is 0. The molecular weight excluding hydrogens is 152 g/mol. The molecule has 3 heteroatoms. The van der Waals surface area contributed by atoms with E-state index in [0.29, 0.717) is 0 Å². The number of fused-ring (bicyclic) bond motifs is 1. The van der Waals surface area contributed by atoms with Crippen molar-refractivity contribution in [2.24, 2.45) is 5.29 Å². The molecule has 3 nitrogen and oxygen atoms in total.